The maximum atomic E-state index is 11.5. The lowest BCUT2D eigenvalue weighted by atomic mass is 10.1. The Morgan fingerprint density at radius 2 is 1.97 bits per heavy atom. The summed E-state index contributed by atoms with van der Waals surface area (Å²) in [6.07, 6.45) is 0.842. The van der Waals surface area contributed by atoms with E-state index in [0.717, 1.165) is 42.3 Å². The number of benzene rings is 1. The minimum Gasteiger partial charge on any atom is -0.493 e. The molecular weight excluding hydrogens is 404 g/mol. The van der Waals surface area contributed by atoms with Crippen molar-refractivity contribution in [3.63, 3.8) is 0 Å². The van der Waals surface area contributed by atoms with Crippen LogP contribution >= 0.6 is 0 Å². The Morgan fingerprint density at radius 1 is 1.20 bits per heavy atom. The lowest BCUT2D eigenvalue weighted by molar-refractivity contribution is 0.172. The van der Waals surface area contributed by atoms with Crippen LogP contribution in [-0.2, 0) is 21.1 Å². The molecule has 1 aromatic rings. The number of aryl methyl sites for hydroxylation is 1. The van der Waals surface area contributed by atoms with Crippen molar-refractivity contribution in [2.24, 2.45) is 4.99 Å². The van der Waals surface area contributed by atoms with Crippen LogP contribution < -0.4 is 15.4 Å². The molecule has 0 aliphatic carbocycles. The highest BCUT2D eigenvalue weighted by atomic mass is 32.2. The zero-order valence-electron chi connectivity index (χ0n) is 18.4. The van der Waals surface area contributed by atoms with Gasteiger partial charge in [0.1, 0.15) is 5.75 Å². The van der Waals surface area contributed by atoms with E-state index in [0.29, 0.717) is 39.4 Å². The molecule has 0 bridgehead atoms. The summed E-state index contributed by atoms with van der Waals surface area (Å²) in [5.74, 6) is 2.11. The Bertz CT molecular complexity index is 769. The molecule has 0 unspecified atom stereocenters. The topological polar surface area (TPSA) is 92.3 Å². The standard InChI is InChI=1S/C21H36N4O4S/c1-4-22-21(23-8-9-25-10-14-30(26,27)15-11-25)24-17-19-7-6-18(2)16-20(19)29-13-5-12-28-3/h6-7,16H,4-5,8-15,17H2,1-3H3,(H2,22,23,24). The second-order valence-corrected chi connectivity index (χ2v) is 9.73. The summed E-state index contributed by atoms with van der Waals surface area (Å²) in [5, 5.41) is 6.60. The van der Waals surface area contributed by atoms with Crippen LogP contribution in [0.2, 0.25) is 0 Å². The van der Waals surface area contributed by atoms with Crippen LogP contribution in [0.4, 0.5) is 0 Å². The van der Waals surface area contributed by atoms with Crippen molar-refractivity contribution >= 4 is 15.8 Å². The van der Waals surface area contributed by atoms with E-state index in [4.69, 9.17) is 14.5 Å². The van der Waals surface area contributed by atoms with E-state index in [1.54, 1.807) is 7.11 Å². The van der Waals surface area contributed by atoms with Gasteiger partial charge in [0.15, 0.2) is 15.8 Å². The van der Waals surface area contributed by atoms with Crippen LogP contribution in [0.15, 0.2) is 23.2 Å². The van der Waals surface area contributed by atoms with Gasteiger partial charge in [-0.25, -0.2) is 13.4 Å². The first-order chi connectivity index (χ1) is 14.4. The third-order valence-electron chi connectivity index (χ3n) is 4.88. The zero-order valence-corrected chi connectivity index (χ0v) is 19.3. The van der Waals surface area contributed by atoms with Gasteiger partial charge in [0.05, 0.1) is 24.7 Å². The molecule has 0 amide bonds. The molecule has 0 saturated carbocycles. The van der Waals surface area contributed by atoms with Gasteiger partial charge in [0.25, 0.3) is 0 Å². The van der Waals surface area contributed by atoms with E-state index in [2.05, 4.69) is 27.7 Å². The highest BCUT2D eigenvalue weighted by molar-refractivity contribution is 7.91. The van der Waals surface area contributed by atoms with Crippen LogP contribution in [0.25, 0.3) is 0 Å². The Balaban J connectivity index is 1.89. The van der Waals surface area contributed by atoms with Crippen molar-refractivity contribution in [3.8, 4) is 5.75 Å². The Labute approximate surface area is 181 Å². The Kier molecular flexibility index (Phi) is 10.4. The van der Waals surface area contributed by atoms with Gasteiger partial charge in [0, 0.05) is 58.4 Å². The summed E-state index contributed by atoms with van der Waals surface area (Å²) in [6.45, 7) is 9.34. The van der Waals surface area contributed by atoms with E-state index in [-0.39, 0.29) is 11.5 Å². The van der Waals surface area contributed by atoms with Gasteiger partial charge in [-0.1, -0.05) is 12.1 Å². The molecule has 2 rings (SSSR count). The van der Waals surface area contributed by atoms with Crippen molar-refractivity contribution in [2.75, 3.05) is 64.6 Å². The summed E-state index contributed by atoms with van der Waals surface area (Å²) in [5.41, 5.74) is 2.19. The van der Waals surface area contributed by atoms with Gasteiger partial charge in [-0.05, 0) is 25.5 Å². The zero-order chi connectivity index (χ0) is 21.8. The van der Waals surface area contributed by atoms with E-state index in [1.165, 1.54) is 0 Å². The number of nitrogens with zero attached hydrogens (tertiary/aromatic N) is 2. The number of sulfone groups is 1. The Morgan fingerprint density at radius 3 is 2.67 bits per heavy atom. The molecule has 1 aromatic carbocycles. The number of nitrogens with one attached hydrogen (secondary N) is 2. The average molecular weight is 441 g/mol. The number of rotatable bonds is 11. The lowest BCUT2D eigenvalue weighted by Gasteiger charge is -2.26. The molecule has 0 radical (unpaired) electrons. The van der Waals surface area contributed by atoms with E-state index < -0.39 is 9.84 Å². The maximum absolute atomic E-state index is 11.5. The van der Waals surface area contributed by atoms with Crippen molar-refractivity contribution in [1.29, 1.82) is 0 Å². The number of aliphatic imine (C=N–C) groups is 1. The quantitative estimate of drug-likeness (QED) is 0.303. The highest BCUT2D eigenvalue weighted by Crippen LogP contribution is 2.21. The summed E-state index contributed by atoms with van der Waals surface area (Å²) >= 11 is 0. The third kappa shape index (κ3) is 8.89. The molecule has 1 heterocycles. The maximum Gasteiger partial charge on any atom is 0.191 e. The van der Waals surface area contributed by atoms with Gasteiger partial charge >= 0.3 is 0 Å². The minimum absolute atomic E-state index is 0.252. The molecule has 8 nitrogen and oxygen atoms in total. The molecule has 1 aliphatic rings. The minimum atomic E-state index is -2.84. The summed E-state index contributed by atoms with van der Waals surface area (Å²) in [4.78, 5) is 6.87. The monoisotopic (exact) mass is 440 g/mol. The van der Waals surface area contributed by atoms with Gasteiger partial charge in [0.2, 0.25) is 0 Å². The smallest absolute Gasteiger partial charge is 0.191 e. The summed E-state index contributed by atoms with van der Waals surface area (Å²) in [6, 6.07) is 6.17. The van der Waals surface area contributed by atoms with Gasteiger partial charge < -0.3 is 20.1 Å². The molecule has 9 heteroatoms. The van der Waals surface area contributed by atoms with Gasteiger partial charge in [-0.15, -0.1) is 0 Å². The second-order valence-electron chi connectivity index (χ2n) is 7.42. The predicted molar refractivity (Wildman–Crippen MR) is 121 cm³/mol. The fourth-order valence-corrected chi connectivity index (χ4v) is 4.40. The predicted octanol–water partition coefficient (Wildman–Crippen LogP) is 1.20. The van der Waals surface area contributed by atoms with E-state index >= 15 is 0 Å². The largest absolute Gasteiger partial charge is 0.493 e. The summed E-state index contributed by atoms with van der Waals surface area (Å²) in [7, 11) is -1.15. The number of ether oxygens (including phenoxy) is 2. The van der Waals surface area contributed by atoms with Crippen LogP contribution in [0, 0.1) is 6.92 Å². The first-order valence-electron chi connectivity index (χ1n) is 10.6. The van der Waals surface area contributed by atoms with Crippen molar-refractivity contribution in [1.82, 2.24) is 15.5 Å². The van der Waals surface area contributed by atoms with Crippen LogP contribution in [0.1, 0.15) is 24.5 Å². The molecule has 170 valence electrons. The Hall–Kier alpha value is -1.84. The first kappa shape index (κ1) is 24.4. The van der Waals surface area contributed by atoms with Crippen molar-refractivity contribution in [2.45, 2.75) is 26.8 Å². The first-order valence-corrected chi connectivity index (χ1v) is 12.4. The van der Waals surface area contributed by atoms with E-state index in [1.807, 2.05) is 19.9 Å². The molecular formula is C21H36N4O4S. The molecule has 0 spiro atoms. The molecule has 30 heavy (non-hydrogen) atoms. The fourth-order valence-electron chi connectivity index (χ4n) is 3.12. The number of hydrogen-bond donors (Lipinski definition) is 2. The van der Waals surface area contributed by atoms with Crippen molar-refractivity contribution in [3.05, 3.63) is 29.3 Å². The van der Waals surface area contributed by atoms with Crippen LogP contribution in [0.5, 0.6) is 5.75 Å². The second kappa shape index (κ2) is 12.8. The average Bonchev–Trinajstić information content (AvgIpc) is 2.71. The van der Waals surface area contributed by atoms with Gasteiger partial charge in [-0.2, -0.15) is 0 Å². The van der Waals surface area contributed by atoms with Crippen molar-refractivity contribution < 1.29 is 17.9 Å². The van der Waals surface area contributed by atoms with Gasteiger partial charge in [-0.3, -0.25) is 4.90 Å². The third-order valence-corrected chi connectivity index (χ3v) is 6.49. The number of methoxy groups -OCH3 is 1. The molecule has 1 saturated heterocycles. The molecule has 2 N–H and O–H groups in total. The number of hydrogen-bond acceptors (Lipinski definition) is 6. The van der Waals surface area contributed by atoms with Crippen LogP contribution in [-0.4, -0.2) is 83.8 Å². The SMILES string of the molecule is CCNC(=NCc1ccc(C)cc1OCCCOC)NCCN1CCS(=O)(=O)CC1. The molecule has 0 atom stereocenters. The molecule has 0 aromatic heterocycles. The van der Waals surface area contributed by atoms with E-state index in [9.17, 15) is 8.42 Å². The molecule has 1 aliphatic heterocycles. The number of guanidine groups is 1. The lowest BCUT2D eigenvalue weighted by Crippen LogP contribution is -2.45. The normalized spacial score (nSPS) is 17.0. The fraction of sp³-hybridized carbons (Fsp3) is 0.667. The highest BCUT2D eigenvalue weighted by Gasteiger charge is 2.20. The molecule has 1 fully saturated rings. The summed E-state index contributed by atoms with van der Waals surface area (Å²) < 4.78 is 34.1. The van der Waals surface area contributed by atoms with Crippen LogP contribution in [0.3, 0.4) is 0 Å².